The summed E-state index contributed by atoms with van der Waals surface area (Å²) in [7, 11) is 0. The van der Waals surface area contributed by atoms with Gasteiger partial charge in [-0.3, -0.25) is 18.9 Å². The Bertz CT molecular complexity index is 1470. The van der Waals surface area contributed by atoms with E-state index in [0.29, 0.717) is 11.4 Å². The summed E-state index contributed by atoms with van der Waals surface area (Å²) in [5, 5.41) is 11.2. The lowest BCUT2D eigenvalue weighted by Crippen LogP contribution is -2.25. The Hall–Kier alpha value is -4.03. The molecule has 2 heterocycles. The van der Waals surface area contributed by atoms with Crippen LogP contribution in [0.3, 0.4) is 0 Å². The van der Waals surface area contributed by atoms with Gasteiger partial charge in [-0.2, -0.15) is 0 Å². The number of fused-ring (bicyclic) bond motifs is 1. The highest BCUT2D eigenvalue weighted by molar-refractivity contribution is 7.71. The molecule has 150 valence electrons. The summed E-state index contributed by atoms with van der Waals surface area (Å²) in [5.41, 5.74) is 3.51. The average Bonchev–Trinajstić information content (AvgIpc) is 3.21. The Labute approximate surface area is 183 Å². The fourth-order valence-corrected chi connectivity index (χ4v) is 4.04. The third-order valence-electron chi connectivity index (χ3n) is 5.16. The van der Waals surface area contributed by atoms with E-state index in [2.05, 4.69) is 4.99 Å². The van der Waals surface area contributed by atoms with Crippen LogP contribution in [0.1, 0.15) is 11.1 Å². The standard InChI is InChI=1S/C25H17N3O2S/c29-23-21(15-17-16-26-22-14-8-7-13-20(17)22)24(30)28(19-11-5-2-6-12-19)25(31)27(23)18-9-3-1-4-10-18/h1-16,29H/b17-15+. The quantitative estimate of drug-likeness (QED) is 0.454. The van der Waals surface area contributed by atoms with Crippen molar-refractivity contribution < 1.29 is 5.11 Å². The smallest absolute Gasteiger partial charge is 0.270 e. The van der Waals surface area contributed by atoms with Crippen molar-refractivity contribution in [3.63, 3.8) is 0 Å². The molecule has 31 heavy (non-hydrogen) atoms. The van der Waals surface area contributed by atoms with Crippen LogP contribution in [0.15, 0.2) is 94.7 Å². The number of hydrogen-bond donors (Lipinski definition) is 1. The summed E-state index contributed by atoms with van der Waals surface area (Å²) in [4.78, 5) is 17.9. The minimum atomic E-state index is -0.397. The Morgan fingerprint density at radius 1 is 0.806 bits per heavy atom. The zero-order valence-electron chi connectivity index (χ0n) is 16.3. The van der Waals surface area contributed by atoms with Crippen molar-refractivity contribution in [1.29, 1.82) is 0 Å². The van der Waals surface area contributed by atoms with Gasteiger partial charge in [-0.05, 0) is 48.6 Å². The number of aromatic hydroxyl groups is 1. The van der Waals surface area contributed by atoms with Crippen LogP contribution in [0, 0.1) is 4.77 Å². The zero-order valence-corrected chi connectivity index (χ0v) is 17.2. The minimum absolute atomic E-state index is 0.138. The molecule has 1 aliphatic heterocycles. The van der Waals surface area contributed by atoms with Gasteiger partial charge in [-0.1, -0.05) is 54.6 Å². The molecule has 0 bridgehead atoms. The summed E-state index contributed by atoms with van der Waals surface area (Å²) in [5.74, 6) is -0.210. The molecule has 0 aliphatic carbocycles. The molecule has 5 nitrogen and oxygen atoms in total. The van der Waals surface area contributed by atoms with E-state index in [1.54, 1.807) is 12.3 Å². The van der Waals surface area contributed by atoms with E-state index < -0.39 is 5.56 Å². The minimum Gasteiger partial charge on any atom is -0.494 e. The van der Waals surface area contributed by atoms with E-state index in [1.807, 2.05) is 84.9 Å². The van der Waals surface area contributed by atoms with Crippen molar-refractivity contribution >= 4 is 35.8 Å². The molecule has 0 saturated carbocycles. The van der Waals surface area contributed by atoms with Crippen molar-refractivity contribution in [1.82, 2.24) is 9.13 Å². The van der Waals surface area contributed by atoms with Crippen LogP contribution >= 0.6 is 12.2 Å². The van der Waals surface area contributed by atoms with E-state index in [1.165, 1.54) is 9.13 Å². The van der Waals surface area contributed by atoms with E-state index in [0.717, 1.165) is 16.8 Å². The molecule has 6 heteroatoms. The normalized spacial score (nSPS) is 13.5. The lowest BCUT2D eigenvalue weighted by atomic mass is 10.1. The van der Waals surface area contributed by atoms with Crippen LogP contribution < -0.4 is 5.56 Å². The molecule has 3 aromatic carbocycles. The number of aliphatic imine (C=N–C) groups is 1. The van der Waals surface area contributed by atoms with Gasteiger partial charge >= 0.3 is 0 Å². The molecule has 1 aliphatic rings. The molecular weight excluding hydrogens is 406 g/mol. The number of para-hydroxylation sites is 3. The predicted octanol–water partition coefficient (Wildman–Crippen LogP) is 5.32. The largest absolute Gasteiger partial charge is 0.494 e. The second-order valence-corrected chi connectivity index (χ2v) is 7.41. The first-order chi connectivity index (χ1) is 15.1. The summed E-state index contributed by atoms with van der Waals surface area (Å²) in [6.45, 7) is 0. The summed E-state index contributed by atoms with van der Waals surface area (Å²) in [6.07, 6.45) is 3.37. The van der Waals surface area contributed by atoms with Crippen LogP contribution in [-0.2, 0) is 0 Å². The maximum atomic E-state index is 13.5. The highest BCUT2D eigenvalue weighted by Crippen LogP contribution is 2.33. The monoisotopic (exact) mass is 423 g/mol. The van der Waals surface area contributed by atoms with Gasteiger partial charge in [0.15, 0.2) is 4.77 Å². The molecule has 5 rings (SSSR count). The van der Waals surface area contributed by atoms with Crippen molar-refractivity contribution in [3.05, 3.63) is 111 Å². The average molecular weight is 423 g/mol. The van der Waals surface area contributed by atoms with Gasteiger partial charge in [-0.15, -0.1) is 0 Å². The van der Waals surface area contributed by atoms with Crippen LogP contribution in [0.4, 0.5) is 5.69 Å². The molecule has 1 aromatic heterocycles. The molecule has 0 saturated heterocycles. The number of hydrogen-bond acceptors (Lipinski definition) is 4. The first kappa shape index (κ1) is 19.0. The van der Waals surface area contributed by atoms with Crippen LogP contribution in [-0.4, -0.2) is 20.5 Å². The van der Waals surface area contributed by atoms with Gasteiger partial charge < -0.3 is 5.11 Å². The van der Waals surface area contributed by atoms with E-state index in [4.69, 9.17) is 12.2 Å². The SMILES string of the molecule is O=c1c(/C=C2\C=Nc3ccccc32)c(O)n(-c2ccccc2)c(=S)n1-c1ccccc1. The highest BCUT2D eigenvalue weighted by atomic mass is 32.1. The molecule has 0 amide bonds. The number of allylic oxidation sites excluding steroid dienone is 1. The van der Waals surface area contributed by atoms with Gasteiger partial charge in [0.2, 0.25) is 5.88 Å². The van der Waals surface area contributed by atoms with Gasteiger partial charge in [0.1, 0.15) is 5.56 Å². The molecule has 0 unspecified atom stereocenters. The second kappa shape index (κ2) is 7.66. The Kier molecular flexibility index (Phi) is 4.69. The van der Waals surface area contributed by atoms with Gasteiger partial charge in [0, 0.05) is 17.4 Å². The van der Waals surface area contributed by atoms with Crippen molar-refractivity contribution in [3.8, 4) is 17.3 Å². The molecule has 1 N–H and O–H groups in total. The lowest BCUT2D eigenvalue weighted by Gasteiger charge is -2.17. The molecule has 0 atom stereocenters. The third kappa shape index (κ3) is 3.23. The van der Waals surface area contributed by atoms with Gasteiger partial charge in [0.25, 0.3) is 5.56 Å². The lowest BCUT2D eigenvalue weighted by molar-refractivity contribution is 0.429. The van der Waals surface area contributed by atoms with Crippen molar-refractivity contribution in [2.24, 2.45) is 4.99 Å². The topological polar surface area (TPSA) is 59.5 Å². The maximum Gasteiger partial charge on any atom is 0.270 e. The van der Waals surface area contributed by atoms with Gasteiger partial charge in [0.05, 0.1) is 17.1 Å². The van der Waals surface area contributed by atoms with E-state index in [9.17, 15) is 9.90 Å². The van der Waals surface area contributed by atoms with Crippen molar-refractivity contribution in [2.75, 3.05) is 0 Å². The van der Waals surface area contributed by atoms with Crippen LogP contribution in [0.25, 0.3) is 23.0 Å². The number of benzene rings is 3. The fourth-order valence-electron chi connectivity index (χ4n) is 3.66. The Balaban J connectivity index is 1.84. The molecular formula is C25H17N3O2S. The Morgan fingerprint density at radius 2 is 1.39 bits per heavy atom. The first-order valence-corrected chi connectivity index (χ1v) is 10.1. The van der Waals surface area contributed by atoms with E-state index >= 15 is 0 Å². The fraction of sp³-hybridized carbons (Fsp3) is 0. The van der Waals surface area contributed by atoms with Gasteiger partial charge in [-0.25, -0.2) is 0 Å². The first-order valence-electron chi connectivity index (χ1n) is 9.72. The number of nitrogens with zero attached hydrogens (tertiary/aromatic N) is 3. The van der Waals surface area contributed by atoms with E-state index in [-0.39, 0.29) is 16.2 Å². The summed E-state index contributed by atoms with van der Waals surface area (Å²) < 4.78 is 3.13. The second-order valence-electron chi connectivity index (χ2n) is 7.04. The summed E-state index contributed by atoms with van der Waals surface area (Å²) in [6, 6.07) is 26.1. The Morgan fingerprint density at radius 3 is 2.06 bits per heavy atom. The molecule has 0 radical (unpaired) electrons. The third-order valence-corrected chi connectivity index (χ3v) is 5.52. The predicted molar refractivity (Wildman–Crippen MR) is 126 cm³/mol. The summed E-state index contributed by atoms with van der Waals surface area (Å²) >= 11 is 5.66. The zero-order chi connectivity index (χ0) is 21.4. The molecule has 0 spiro atoms. The molecule has 4 aromatic rings. The highest BCUT2D eigenvalue weighted by Gasteiger charge is 2.20. The van der Waals surface area contributed by atoms with Crippen LogP contribution in [0.2, 0.25) is 0 Å². The molecule has 0 fully saturated rings. The number of rotatable bonds is 3. The van der Waals surface area contributed by atoms with Crippen molar-refractivity contribution in [2.45, 2.75) is 0 Å². The number of aromatic nitrogens is 2. The maximum absolute atomic E-state index is 13.5. The van der Waals surface area contributed by atoms with Crippen LogP contribution in [0.5, 0.6) is 5.88 Å².